The summed E-state index contributed by atoms with van der Waals surface area (Å²) >= 11 is 5.68. The van der Waals surface area contributed by atoms with E-state index in [4.69, 9.17) is 16.3 Å². The van der Waals surface area contributed by atoms with Crippen molar-refractivity contribution in [2.45, 2.75) is 0 Å². The van der Waals surface area contributed by atoms with E-state index in [9.17, 15) is 9.18 Å². The van der Waals surface area contributed by atoms with E-state index in [2.05, 4.69) is 5.32 Å². The van der Waals surface area contributed by atoms with Crippen molar-refractivity contribution in [1.82, 2.24) is 4.90 Å². The number of nitrogens with zero attached hydrogens (tertiary/aromatic N) is 1. The molecule has 0 aliphatic rings. The SMILES string of the molecule is CN(CCOc1ccccc1)CC(=O)Nc1ccc(F)c(Cl)c1. The lowest BCUT2D eigenvalue weighted by atomic mass is 10.3. The van der Waals surface area contributed by atoms with E-state index in [-0.39, 0.29) is 17.5 Å². The molecule has 0 bridgehead atoms. The Hall–Kier alpha value is -2.11. The number of amides is 1. The monoisotopic (exact) mass is 336 g/mol. The number of rotatable bonds is 7. The molecule has 0 aromatic heterocycles. The molecule has 0 saturated carbocycles. The van der Waals surface area contributed by atoms with Crippen molar-refractivity contribution >= 4 is 23.2 Å². The average molecular weight is 337 g/mol. The van der Waals surface area contributed by atoms with Crippen LogP contribution in [0.3, 0.4) is 0 Å². The van der Waals surface area contributed by atoms with Crippen molar-refractivity contribution in [1.29, 1.82) is 0 Å². The van der Waals surface area contributed by atoms with Gasteiger partial charge in [-0.05, 0) is 37.4 Å². The molecule has 0 spiro atoms. The molecule has 23 heavy (non-hydrogen) atoms. The van der Waals surface area contributed by atoms with Gasteiger partial charge in [0.25, 0.3) is 0 Å². The average Bonchev–Trinajstić information content (AvgIpc) is 2.52. The highest BCUT2D eigenvalue weighted by Crippen LogP contribution is 2.19. The van der Waals surface area contributed by atoms with E-state index in [0.29, 0.717) is 18.8 Å². The summed E-state index contributed by atoms with van der Waals surface area (Å²) in [5.41, 5.74) is 0.468. The van der Waals surface area contributed by atoms with Crippen LogP contribution >= 0.6 is 11.6 Å². The van der Waals surface area contributed by atoms with Gasteiger partial charge in [-0.3, -0.25) is 9.69 Å². The number of carbonyl (C=O) groups is 1. The van der Waals surface area contributed by atoms with Crippen molar-refractivity contribution in [2.24, 2.45) is 0 Å². The second-order valence-electron chi connectivity index (χ2n) is 5.08. The summed E-state index contributed by atoms with van der Waals surface area (Å²) in [6.45, 7) is 1.29. The Morgan fingerprint density at radius 1 is 1.26 bits per heavy atom. The standard InChI is InChI=1S/C17H18ClFN2O2/c1-21(9-10-23-14-5-3-2-4-6-14)12-17(22)20-13-7-8-16(19)15(18)11-13/h2-8,11H,9-10,12H2,1H3,(H,20,22). The van der Waals surface area contributed by atoms with Gasteiger partial charge >= 0.3 is 0 Å². The predicted molar refractivity (Wildman–Crippen MR) is 89.5 cm³/mol. The molecule has 6 heteroatoms. The number of benzene rings is 2. The van der Waals surface area contributed by atoms with E-state index >= 15 is 0 Å². The molecule has 2 aromatic rings. The summed E-state index contributed by atoms with van der Waals surface area (Å²) in [6, 6.07) is 13.6. The molecule has 0 heterocycles. The molecule has 2 aromatic carbocycles. The van der Waals surface area contributed by atoms with Gasteiger partial charge in [0.2, 0.25) is 5.91 Å². The summed E-state index contributed by atoms with van der Waals surface area (Å²) < 4.78 is 18.6. The maximum Gasteiger partial charge on any atom is 0.238 e. The summed E-state index contributed by atoms with van der Waals surface area (Å²) in [4.78, 5) is 13.8. The predicted octanol–water partition coefficient (Wildman–Crippen LogP) is 3.43. The fourth-order valence-corrected chi connectivity index (χ4v) is 2.12. The maximum absolute atomic E-state index is 13.1. The molecule has 4 nitrogen and oxygen atoms in total. The normalized spacial score (nSPS) is 10.6. The third-order valence-corrected chi connectivity index (χ3v) is 3.39. The second-order valence-corrected chi connectivity index (χ2v) is 5.48. The van der Waals surface area contributed by atoms with Crippen molar-refractivity contribution < 1.29 is 13.9 Å². The Morgan fingerprint density at radius 3 is 2.70 bits per heavy atom. The van der Waals surface area contributed by atoms with Crippen LogP contribution in [0, 0.1) is 5.82 Å². The molecule has 1 N–H and O–H groups in total. The molecule has 0 radical (unpaired) electrons. The summed E-state index contributed by atoms with van der Waals surface area (Å²) in [6.07, 6.45) is 0. The van der Waals surface area contributed by atoms with Crippen LogP contribution in [-0.2, 0) is 4.79 Å². The van der Waals surface area contributed by atoms with Gasteiger partial charge in [0.15, 0.2) is 0 Å². The first-order chi connectivity index (χ1) is 11.0. The molecule has 0 fully saturated rings. The number of anilines is 1. The van der Waals surface area contributed by atoms with Gasteiger partial charge in [-0.1, -0.05) is 29.8 Å². The molecule has 0 aliphatic carbocycles. The van der Waals surface area contributed by atoms with E-state index in [0.717, 1.165) is 5.75 Å². The molecule has 1 amide bonds. The number of carbonyl (C=O) groups excluding carboxylic acids is 1. The zero-order valence-corrected chi connectivity index (χ0v) is 13.5. The topological polar surface area (TPSA) is 41.6 Å². The Labute approximate surface area is 139 Å². The third-order valence-electron chi connectivity index (χ3n) is 3.10. The van der Waals surface area contributed by atoms with Crippen LogP contribution in [0.25, 0.3) is 0 Å². The highest BCUT2D eigenvalue weighted by Gasteiger charge is 2.08. The molecule has 0 atom stereocenters. The minimum absolute atomic E-state index is 0.0209. The summed E-state index contributed by atoms with van der Waals surface area (Å²) in [7, 11) is 1.82. The number of nitrogens with one attached hydrogen (secondary N) is 1. The van der Waals surface area contributed by atoms with Gasteiger partial charge in [-0.2, -0.15) is 0 Å². The number of hydrogen-bond acceptors (Lipinski definition) is 3. The van der Waals surface area contributed by atoms with Gasteiger partial charge in [0, 0.05) is 12.2 Å². The van der Waals surface area contributed by atoms with Gasteiger partial charge in [0.1, 0.15) is 18.2 Å². The van der Waals surface area contributed by atoms with Crippen molar-refractivity contribution in [2.75, 3.05) is 32.1 Å². The molecule has 0 saturated heterocycles. The van der Waals surface area contributed by atoms with Crippen molar-refractivity contribution in [3.8, 4) is 5.75 Å². The van der Waals surface area contributed by atoms with E-state index in [1.54, 1.807) is 0 Å². The van der Waals surface area contributed by atoms with E-state index in [1.807, 2.05) is 42.3 Å². The summed E-state index contributed by atoms with van der Waals surface area (Å²) in [5, 5.41) is 2.66. The van der Waals surface area contributed by atoms with Crippen LogP contribution < -0.4 is 10.1 Å². The van der Waals surface area contributed by atoms with Gasteiger partial charge < -0.3 is 10.1 Å². The minimum Gasteiger partial charge on any atom is -0.492 e. The van der Waals surface area contributed by atoms with Crippen LogP contribution in [0.15, 0.2) is 48.5 Å². The number of para-hydroxylation sites is 1. The van der Waals surface area contributed by atoms with Crippen LogP contribution in [0.5, 0.6) is 5.75 Å². The number of ether oxygens (including phenoxy) is 1. The summed E-state index contributed by atoms with van der Waals surface area (Å²) in [5.74, 6) is 0.0843. The minimum atomic E-state index is -0.514. The van der Waals surface area contributed by atoms with Gasteiger partial charge in [-0.15, -0.1) is 0 Å². The Morgan fingerprint density at radius 2 is 2.00 bits per heavy atom. The Balaban J connectivity index is 1.72. The smallest absolute Gasteiger partial charge is 0.238 e. The van der Waals surface area contributed by atoms with Crippen LogP contribution in [-0.4, -0.2) is 37.6 Å². The lowest BCUT2D eigenvalue weighted by molar-refractivity contribution is -0.117. The van der Waals surface area contributed by atoms with E-state index < -0.39 is 5.82 Å². The number of halogens is 2. The first-order valence-electron chi connectivity index (χ1n) is 7.16. The zero-order valence-electron chi connectivity index (χ0n) is 12.8. The van der Waals surface area contributed by atoms with Crippen molar-refractivity contribution in [3.05, 3.63) is 59.4 Å². The highest BCUT2D eigenvalue weighted by atomic mass is 35.5. The largest absolute Gasteiger partial charge is 0.492 e. The lowest BCUT2D eigenvalue weighted by Crippen LogP contribution is -2.33. The fraction of sp³-hybridized carbons (Fsp3) is 0.235. The maximum atomic E-state index is 13.1. The lowest BCUT2D eigenvalue weighted by Gasteiger charge is -2.16. The number of hydrogen-bond donors (Lipinski definition) is 1. The molecule has 122 valence electrons. The fourth-order valence-electron chi connectivity index (χ4n) is 1.93. The zero-order chi connectivity index (χ0) is 16.7. The van der Waals surface area contributed by atoms with E-state index in [1.165, 1.54) is 18.2 Å². The quantitative estimate of drug-likeness (QED) is 0.842. The van der Waals surface area contributed by atoms with Crippen LogP contribution in [0.4, 0.5) is 10.1 Å². The van der Waals surface area contributed by atoms with Crippen LogP contribution in [0.2, 0.25) is 5.02 Å². The molecular formula is C17H18ClFN2O2. The highest BCUT2D eigenvalue weighted by molar-refractivity contribution is 6.31. The van der Waals surface area contributed by atoms with Crippen molar-refractivity contribution in [3.63, 3.8) is 0 Å². The first-order valence-corrected chi connectivity index (χ1v) is 7.53. The number of likely N-dealkylation sites (N-methyl/N-ethyl adjacent to an activating group) is 1. The van der Waals surface area contributed by atoms with Crippen LogP contribution in [0.1, 0.15) is 0 Å². The molecule has 0 aliphatic heterocycles. The molecule has 0 unspecified atom stereocenters. The third kappa shape index (κ3) is 5.88. The molecular weight excluding hydrogens is 319 g/mol. The Kier molecular flexibility index (Phi) is 6.38. The van der Waals surface area contributed by atoms with Gasteiger partial charge in [0.05, 0.1) is 11.6 Å². The van der Waals surface area contributed by atoms with Gasteiger partial charge in [-0.25, -0.2) is 4.39 Å². The molecule has 2 rings (SSSR count). The Bertz CT molecular complexity index is 652. The first kappa shape index (κ1) is 17.2. The second kappa shape index (κ2) is 8.50.